The Kier molecular flexibility index (Phi) is 6.18. The summed E-state index contributed by atoms with van der Waals surface area (Å²) in [4.78, 5) is 7.41. The van der Waals surface area contributed by atoms with Gasteiger partial charge in [0.25, 0.3) is 0 Å². The molecule has 3 heterocycles. The molecular weight excluding hydrogens is 523 g/mol. The number of anilines is 1. The molecule has 0 aliphatic carbocycles. The van der Waals surface area contributed by atoms with E-state index in [-0.39, 0.29) is 12.4 Å². The van der Waals surface area contributed by atoms with Crippen LogP contribution in [0.1, 0.15) is 24.8 Å². The molecule has 132 valence electrons. The number of hydrogen-bond donors (Lipinski definition) is 1. The average Bonchev–Trinajstić information content (AvgIpc) is 3.20. The van der Waals surface area contributed by atoms with Crippen molar-refractivity contribution in [2.75, 3.05) is 31.5 Å². The lowest BCUT2D eigenvalue weighted by atomic mass is 10.0. The number of rotatable bonds is 4. The molecule has 24 heavy (non-hydrogen) atoms. The van der Waals surface area contributed by atoms with Gasteiger partial charge in [-0.25, -0.2) is 4.98 Å². The Morgan fingerprint density at radius 2 is 1.71 bits per heavy atom. The van der Waals surface area contributed by atoms with E-state index in [1.807, 2.05) is 0 Å². The molecule has 0 amide bonds. The molecule has 0 spiro atoms. The number of aromatic nitrogens is 2. The molecule has 1 fully saturated rings. The molecule has 1 N–H and O–H groups in total. The van der Waals surface area contributed by atoms with Crippen molar-refractivity contribution in [3.63, 3.8) is 0 Å². The van der Waals surface area contributed by atoms with Gasteiger partial charge in [0.1, 0.15) is 5.52 Å². The Balaban J connectivity index is 0.00000169. The van der Waals surface area contributed by atoms with Crippen molar-refractivity contribution in [3.8, 4) is 0 Å². The Morgan fingerprint density at radius 1 is 0.958 bits per heavy atom. The van der Waals surface area contributed by atoms with E-state index in [2.05, 4.69) is 62.6 Å². The molecule has 2 aliphatic heterocycles. The summed E-state index contributed by atoms with van der Waals surface area (Å²) in [5.74, 6) is 1.01. The lowest BCUT2D eigenvalue weighted by Gasteiger charge is -2.20. The van der Waals surface area contributed by atoms with Gasteiger partial charge >= 0.3 is 0 Å². The van der Waals surface area contributed by atoms with E-state index in [0.717, 1.165) is 57.4 Å². The fraction of sp³-hybridized carbons (Fsp3) is 0.562. The van der Waals surface area contributed by atoms with Crippen LogP contribution in [0.25, 0.3) is 11.0 Å². The summed E-state index contributed by atoms with van der Waals surface area (Å²) in [5, 5.41) is 3.57. The standard InChI is InChI=1S/C16H19Br3N4.ClH/c17-11-10-4-3-8-23-15(10)14(13(19)12(11)18)21-16(23)20-5-9-22-6-1-2-7-22;/h1-9H2,(H,20,21);1H. The van der Waals surface area contributed by atoms with Crippen LogP contribution in [0.2, 0.25) is 0 Å². The van der Waals surface area contributed by atoms with Crippen LogP contribution in [0.15, 0.2) is 13.4 Å². The quantitative estimate of drug-likeness (QED) is 0.539. The summed E-state index contributed by atoms with van der Waals surface area (Å²) < 4.78 is 5.60. The minimum absolute atomic E-state index is 0. The number of aryl methyl sites for hydroxylation is 2. The second-order valence-electron chi connectivity index (χ2n) is 6.28. The van der Waals surface area contributed by atoms with Gasteiger partial charge in [0, 0.05) is 28.6 Å². The highest BCUT2D eigenvalue weighted by molar-refractivity contribution is 9.14. The van der Waals surface area contributed by atoms with E-state index in [9.17, 15) is 0 Å². The molecule has 4 nitrogen and oxygen atoms in total. The van der Waals surface area contributed by atoms with Gasteiger partial charge < -0.3 is 14.8 Å². The van der Waals surface area contributed by atoms with Crippen LogP contribution >= 0.6 is 60.2 Å². The normalized spacial score (nSPS) is 17.3. The predicted molar refractivity (Wildman–Crippen MR) is 113 cm³/mol. The number of halogens is 4. The Morgan fingerprint density at radius 3 is 2.46 bits per heavy atom. The van der Waals surface area contributed by atoms with E-state index < -0.39 is 0 Å². The van der Waals surface area contributed by atoms with Crippen LogP contribution in [0, 0.1) is 0 Å². The highest BCUT2D eigenvalue weighted by atomic mass is 79.9. The van der Waals surface area contributed by atoms with Gasteiger partial charge in [-0.2, -0.15) is 0 Å². The SMILES string of the molecule is Brc1c(Br)c2c3c(nc(NCCN4CCCC4)n3CCC2)c1Br.Cl. The molecule has 8 heteroatoms. The molecule has 1 saturated heterocycles. The molecule has 4 rings (SSSR count). The lowest BCUT2D eigenvalue weighted by molar-refractivity contribution is 0.352. The van der Waals surface area contributed by atoms with E-state index in [0.29, 0.717) is 0 Å². The van der Waals surface area contributed by atoms with Gasteiger partial charge in [-0.05, 0) is 92.1 Å². The minimum atomic E-state index is 0. The molecule has 0 radical (unpaired) electrons. The number of benzene rings is 1. The van der Waals surface area contributed by atoms with Crippen molar-refractivity contribution in [2.24, 2.45) is 0 Å². The first-order valence-corrected chi connectivity index (χ1v) is 10.6. The van der Waals surface area contributed by atoms with E-state index in [1.54, 1.807) is 0 Å². The predicted octanol–water partition coefficient (Wildman–Crippen LogP) is 5.20. The molecule has 0 bridgehead atoms. The zero-order chi connectivity index (χ0) is 16.0. The van der Waals surface area contributed by atoms with Crippen molar-refractivity contribution < 1.29 is 0 Å². The molecule has 0 unspecified atom stereocenters. The van der Waals surface area contributed by atoms with Gasteiger partial charge in [0.15, 0.2) is 0 Å². The largest absolute Gasteiger partial charge is 0.354 e. The zero-order valence-corrected chi connectivity index (χ0v) is 18.8. The first kappa shape index (κ1) is 19.0. The van der Waals surface area contributed by atoms with Crippen LogP contribution in [-0.2, 0) is 13.0 Å². The molecule has 1 aromatic heterocycles. The lowest BCUT2D eigenvalue weighted by Crippen LogP contribution is -2.26. The van der Waals surface area contributed by atoms with Crippen molar-refractivity contribution in [1.82, 2.24) is 14.5 Å². The highest BCUT2D eigenvalue weighted by Gasteiger charge is 2.24. The summed E-state index contributed by atoms with van der Waals surface area (Å²) in [5.41, 5.74) is 3.68. The average molecular weight is 544 g/mol. The van der Waals surface area contributed by atoms with Crippen LogP contribution in [0.5, 0.6) is 0 Å². The van der Waals surface area contributed by atoms with Crippen molar-refractivity contribution in [1.29, 1.82) is 0 Å². The Bertz CT molecular complexity index is 756. The molecular formula is C16H20Br3ClN4. The number of hydrogen-bond acceptors (Lipinski definition) is 3. The van der Waals surface area contributed by atoms with E-state index in [1.165, 1.54) is 37.0 Å². The van der Waals surface area contributed by atoms with Gasteiger partial charge in [-0.1, -0.05) is 0 Å². The number of likely N-dealkylation sites (tertiary alicyclic amines) is 1. The van der Waals surface area contributed by atoms with Gasteiger partial charge in [-0.15, -0.1) is 12.4 Å². The minimum Gasteiger partial charge on any atom is -0.354 e. The monoisotopic (exact) mass is 540 g/mol. The van der Waals surface area contributed by atoms with Gasteiger partial charge in [0.2, 0.25) is 5.95 Å². The summed E-state index contributed by atoms with van der Waals surface area (Å²) in [6.07, 6.45) is 4.95. The topological polar surface area (TPSA) is 33.1 Å². The summed E-state index contributed by atoms with van der Waals surface area (Å²) >= 11 is 11.1. The molecule has 0 atom stereocenters. The fourth-order valence-corrected chi connectivity index (χ4v) is 5.43. The molecule has 0 saturated carbocycles. The third-order valence-corrected chi connectivity index (χ3v) is 8.33. The first-order valence-electron chi connectivity index (χ1n) is 8.18. The summed E-state index contributed by atoms with van der Waals surface area (Å²) in [7, 11) is 0. The maximum atomic E-state index is 4.89. The molecule has 1 aromatic carbocycles. The Labute approximate surface area is 173 Å². The van der Waals surface area contributed by atoms with Crippen LogP contribution in [0.3, 0.4) is 0 Å². The molecule has 2 aliphatic rings. The smallest absolute Gasteiger partial charge is 0.203 e. The van der Waals surface area contributed by atoms with Crippen molar-refractivity contribution in [2.45, 2.75) is 32.2 Å². The van der Waals surface area contributed by atoms with E-state index >= 15 is 0 Å². The van der Waals surface area contributed by atoms with Crippen molar-refractivity contribution >= 4 is 77.2 Å². The highest BCUT2D eigenvalue weighted by Crippen LogP contribution is 2.43. The van der Waals surface area contributed by atoms with Crippen LogP contribution < -0.4 is 5.32 Å². The third-order valence-electron chi connectivity index (χ3n) is 4.83. The van der Waals surface area contributed by atoms with Gasteiger partial charge in [0.05, 0.1) is 9.99 Å². The fourth-order valence-electron chi connectivity index (χ4n) is 3.68. The number of imidazole rings is 1. The third kappa shape index (κ3) is 3.27. The maximum Gasteiger partial charge on any atom is 0.203 e. The summed E-state index contributed by atoms with van der Waals surface area (Å²) in [6, 6.07) is 0. The zero-order valence-electron chi connectivity index (χ0n) is 13.2. The first-order chi connectivity index (χ1) is 11.2. The summed E-state index contributed by atoms with van der Waals surface area (Å²) in [6.45, 7) is 5.58. The van der Waals surface area contributed by atoms with Gasteiger partial charge in [-0.3, -0.25) is 0 Å². The Hall–Kier alpha value is 0.180. The number of nitrogens with zero attached hydrogens (tertiary/aromatic N) is 3. The maximum absolute atomic E-state index is 4.89. The van der Waals surface area contributed by atoms with Crippen molar-refractivity contribution in [3.05, 3.63) is 19.0 Å². The van der Waals surface area contributed by atoms with Crippen LogP contribution in [-0.4, -0.2) is 40.6 Å². The van der Waals surface area contributed by atoms with E-state index in [4.69, 9.17) is 4.98 Å². The second kappa shape index (κ2) is 7.82. The number of nitrogens with one attached hydrogen (secondary N) is 1. The second-order valence-corrected chi connectivity index (χ2v) is 8.66. The van der Waals surface area contributed by atoms with Crippen LogP contribution in [0.4, 0.5) is 5.95 Å². The molecule has 2 aromatic rings.